The second-order valence-corrected chi connectivity index (χ2v) is 7.26. The van der Waals surface area contributed by atoms with Crippen LogP contribution in [0.5, 0.6) is 0 Å². The van der Waals surface area contributed by atoms with Gasteiger partial charge >= 0.3 is 0 Å². The first-order chi connectivity index (χ1) is 12.0. The van der Waals surface area contributed by atoms with Crippen molar-refractivity contribution in [3.8, 4) is 11.3 Å². The Bertz CT molecular complexity index is 896. The normalized spacial score (nSPS) is 11.4. The van der Waals surface area contributed by atoms with E-state index >= 15 is 0 Å². The van der Waals surface area contributed by atoms with Gasteiger partial charge in [-0.2, -0.15) is 0 Å². The van der Waals surface area contributed by atoms with Crippen molar-refractivity contribution in [2.24, 2.45) is 7.05 Å². The third kappa shape index (κ3) is 3.59. The largest absolute Gasteiger partial charge is 0.396 e. The zero-order valence-corrected chi connectivity index (χ0v) is 15.7. The number of fused-ring (bicyclic) bond motifs is 1. The van der Waals surface area contributed by atoms with Crippen LogP contribution in [0.3, 0.4) is 0 Å². The lowest BCUT2D eigenvalue weighted by molar-refractivity contribution is -0.659. The van der Waals surface area contributed by atoms with Gasteiger partial charge in [0.15, 0.2) is 6.20 Å². The van der Waals surface area contributed by atoms with Gasteiger partial charge in [-0.25, -0.2) is 4.57 Å². The van der Waals surface area contributed by atoms with Gasteiger partial charge in [0.2, 0.25) is 5.69 Å². The molecule has 2 aromatic carbocycles. The zero-order chi connectivity index (χ0) is 18.0. The van der Waals surface area contributed by atoms with Crippen molar-refractivity contribution in [2.45, 2.75) is 39.5 Å². The first-order valence-corrected chi connectivity index (χ1v) is 9.14. The fraction of sp³-hybridized carbons (Fsp3) is 0.348. The Morgan fingerprint density at radius 1 is 1.04 bits per heavy atom. The van der Waals surface area contributed by atoms with Crippen molar-refractivity contribution < 1.29 is 9.67 Å². The highest BCUT2D eigenvalue weighted by molar-refractivity contribution is 5.94. The summed E-state index contributed by atoms with van der Waals surface area (Å²) in [7, 11) is 2.12. The minimum Gasteiger partial charge on any atom is -0.396 e. The predicted octanol–water partition coefficient (Wildman–Crippen LogP) is 4.69. The number of pyridine rings is 1. The Balaban J connectivity index is 2.29. The quantitative estimate of drug-likeness (QED) is 0.673. The highest BCUT2D eigenvalue weighted by Crippen LogP contribution is 2.31. The van der Waals surface area contributed by atoms with Crippen LogP contribution in [-0.4, -0.2) is 11.7 Å². The molecule has 3 aromatic rings. The molecule has 25 heavy (non-hydrogen) atoms. The summed E-state index contributed by atoms with van der Waals surface area (Å²) in [6, 6.07) is 15.7. The number of aliphatic hydroxyl groups excluding tert-OH is 1. The Morgan fingerprint density at radius 2 is 1.84 bits per heavy atom. The predicted molar refractivity (Wildman–Crippen MR) is 105 cm³/mol. The van der Waals surface area contributed by atoms with Gasteiger partial charge in [0, 0.05) is 12.7 Å². The summed E-state index contributed by atoms with van der Waals surface area (Å²) in [4.78, 5) is 0. The molecule has 1 heterocycles. The van der Waals surface area contributed by atoms with E-state index in [1.807, 2.05) is 0 Å². The number of benzene rings is 2. The molecule has 0 aliphatic heterocycles. The molecule has 0 radical (unpaired) electrons. The van der Waals surface area contributed by atoms with Crippen LogP contribution in [0.4, 0.5) is 0 Å². The maximum atomic E-state index is 9.26. The van der Waals surface area contributed by atoms with E-state index in [0.717, 1.165) is 12.8 Å². The Morgan fingerprint density at radius 3 is 2.56 bits per heavy atom. The first-order valence-electron chi connectivity index (χ1n) is 9.14. The summed E-state index contributed by atoms with van der Waals surface area (Å²) in [5, 5.41) is 11.8. The summed E-state index contributed by atoms with van der Waals surface area (Å²) in [5.41, 5.74) is 6.47. The van der Waals surface area contributed by atoms with Crippen molar-refractivity contribution in [2.75, 3.05) is 6.61 Å². The Kier molecular flexibility index (Phi) is 5.19. The lowest BCUT2D eigenvalue weighted by Crippen LogP contribution is -2.31. The molecule has 0 unspecified atom stereocenters. The third-order valence-electron chi connectivity index (χ3n) is 4.95. The second-order valence-electron chi connectivity index (χ2n) is 7.26. The average Bonchev–Trinajstić information content (AvgIpc) is 2.60. The number of aryl methyl sites for hydroxylation is 3. The second kappa shape index (κ2) is 7.37. The van der Waals surface area contributed by atoms with Crippen molar-refractivity contribution in [3.05, 3.63) is 65.4 Å². The molecular formula is C23H28NO+. The molecular weight excluding hydrogens is 306 g/mol. The van der Waals surface area contributed by atoms with E-state index in [9.17, 15) is 5.11 Å². The van der Waals surface area contributed by atoms with Crippen LogP contribution in [-0.2, 0) is 13.5 Å². The van der Waals surface area contributed by atoms with Crippen LogP contribution >= 0.6 is 0 Å². The van der Waals surface area contributed by atoms with E-state index in [0.29, 0.717) is 5.92 Å². The smallest absolute Gasteiger partial charge is 0.220 e. The molecule has 0 spiro atoms. The fourth-order valence-corrected chi connectivity index (χ4v) is 3.47. The molecule has 1 aromatic heterocycles. The lowest BCUT2D eigenvalue weighted by Gasteiger charge is -2.13. The van der Waals surface area contributed by atoms with E-state index in [4.69, 9.17) is 0 Å². The first kappa shape index (κ1) is 17.6. The van der Waals surface area contributed by atoms with E-state index in [1.165, 1.54) is 38.7 Å². The molecule has 130 valence electrons. The maximum Gasteiger partial charge on any atom is 0.220 e. The number of rotatable bonds is 5. The van der Waals surface area contributed by atoms with Gasteiger partial charge in [0.25, 0.3) is 0 Å². The molecule has 0 atom stereocenters. The van der Waals surface area contributed by atoms with E-state index < -0.39 is 0 Å². The van der Waals surface area contributed by atoms with Gasteiger partial charge < -0.3 is 5.11 Å². The van der Waals surface area contributed by atoms with E-state index in [-0.39, 0.29) is 6.61 Å². The van der Waals surface area contributed by atoms with Crippen LogP contribution in [0.25, 0.3) is 22.0 Å². The van der Waals surface area contributed by atoms with Crippen LogP contribution in [0.1, 0.15) is 42.9 Å². The summed E-state index contributed by atoms with van der Waals surface area (Å²) in [6.45, 7) is 6.85. The topological polar surface area (TPSA) is 24.1 Å². The highest BCUT2D eigenvalue weighted by Gasteiger charge is 2.19. The van der Waals surface area contributed by atoms with Crippen LogP contribution < -0.4 is 4.57 Å². The molecule has 0 bridgehead atoms. The molecule has 3 rings (SSSR count). The zero-order valence-electron chi connectivity index (χ0n) is 15.7. The minimum absolute atomic E-state index is 0.229. The lowest BCUT2D eigenvalue weighted by atomic mass is 9.92. The fourth-order valence-electron chi connectivity index (χ4n) is 3.47. The molecule has 0 amide bonds. The summed E-state index contributed by atoms with van der Waals surface area (Å²) >= 11 is 0. The molecule has 0 fully saturated rings. The SMILES string of the molecule is Cc1ccc(CCCO)c(-c2c3cc(C(C)C)ccc3cc[n+]2C)c1. The molecule has 2 nitrogen and oxygen atoms in total. The van der Waals surface area contributed by atoms with Gasteiger partial charge in [-0.3, -0.25) is 0 Å². The van der Waals surface area contributed by atoms with E-state index in [2.05, 4.69) is 81.0 Å². The molecule has 1 N–H and O–H groups in total. The minimum atomic E-state index is 0.229. The van der Waals surface area contributed by atoms with Gasteiger partial charge in [-0.15, -0.1) is 0 Å². The van der Waals surface area contributed by atoms with Crippen LogP contribution in [0.15, 0.2) is 48.7 Å². The van der Waals surface area contributed by atoms with Crippen LogP contribution in [0, 0.1) is 6.92 Å². The Hall–Kier alpha value is -2.19. The summed E-state index contributed by atoms with van der Waals surface area (Å²) in [6.07, 6.45) is 3.83. The van der Waals surface area contributed by atoms with Crippen molar-refractivity contribution in [3.63, 3.8) is 0 Å². The molecule has 0 aliphatic rings. The number of hydrogen-bond donors (Lipinski definition) is 1. The van der Waals surface area contributed by atoms with Crippen LogP contribution in [0.2, 0.25) is 0 Å². The van der Waals surface area contributed by atoms with Crippen molar-refractivity contribution in [1.29, 1.82) is 0 Å². The van der Waals surface area contributed by atoms with Gasteiger partial charge in [0.05, 0.1) is 10.9 Å². The standard InChI is InChI=1S/C23H28NO/c1-16(2)20-10-9-19-11-12-24(4)23(22(19)15-20)21-14-17(3)7-8-18(21)6-5-13-25/h7-12,14-16,25H,5-6,13H2,1-4H3/q+1. The van der Waals surface area contributed by atoms with Gasteiger partial charge in [0.1, 0.15) is 7.05 Å². The third-order valence-corrected chi connectivity index (χ3v) is 4.95. The monoisotopic (exact) mass is 334 g/mol. The highest BCUT2D eigenvalue weighted by atomic mass is 16.2. The molecule has 0 aliphatic carbocycles. The summed E-state index contributed by atoms with van der Waals surface area (Å²) < 4.78 is 2.23. The van der Waals surface area contributed by atoms with Gasteiger partial charge in [-0.1, -0.05) is 43.7 Å². The maximum absolute atomic E-state index is 9.26. The number of hydrogen-bond acceptors (Lipinski definition) is 1. The van der Waals surface area contributed by atoms with Crippen molar-refractivity contribution >= 4 is 10.8 Å². The van der Waals surface area contributed by atoms with Crippen molar-refractivity contribution in [1.82, 2.24) is 0 Å². The summed E-state index contributed by atoms with van der Waals surface area (Å²) in [5.74, 6) is 0.508. The molecule has 0 saturated carbocycles. The van der Waals surface area contributed by atoms with Gasteiger partial charge in [-0.05, 0) is 54.3 Å². The number of aliphatic hydroxyl groups is 1. The molecule has 2 heteroatoms. The molecule has 0 saturated heterocycles. The average molecular weight is 334 g/mol. The Labute approximate surface area is 150 Å². The number of aromatic nitrogens is 1. The van der Waals surface area contributed by atoms with E-state index in [1.54, 1.807) is 0 Å². The number of nitrogens with zero attached hydrogens (tertiary/aromatic N) is 1.